The Balaban J connectivity index is 1.47. The Hall–Kier alpha value is -1.75. The van der Waals surface area contributed by atoms with Gasteiger partial charge in [-0.1, -0.05) is 41.4 Å². The number of hydrogen-bond donors (Lipinski definition) is 1. The number of rotatable bonds is 4. The SMILES string of the molecule is Cc1c(Cl)cccc1NC(=O)N1CCN(CCc2cccc(Cl)c2)CC1. The first-order valence-electron chi connectivity index (χ1n) is 8.81. The van der Waals surface area contributed by atoms with E-state index in [0.717, 1.165) is 55.4 Å². The molecule has 4 nitrogen and oxygen atoms in total. The number of urea groups is 1. The summed E-state index contributed by atoms with van der Waals surface area (Å²) in [6, 6.07) is 13.5. The van der Waals surface area contributed by atoms with Crippen molar-refractivity contribution in [1.82, 2.24) is 9.80 Å². The number of anilines is 1. The molecule has 0 radical (unpaired) electrons. The second kappa shape index (κ2) is 8.76. The average molecular weight is 392 g/mol. The van der Waals surface area contributed by atoms with E-state index in [2.05, 4.69) is 16.3 Å². The summed E-state index contributed by atoms with van der Waals surface area (Å²) in [6.07, 6.45) is 0.967. The molecule has 0 bridgehead atoms. The molecule has 26 heavy (non-hydrogen) atoms. The lowest BCUT2D eigenvalue weighted by Crippen LogP contribution is -2.50. The maximum atomic E-state index is 12.5. The number of nitrogens with zero attached hydrogens (tertiary/aromatic N) is 2. The van der Waals surface area contributed by atoms with Crippen LogP contribution in [0.25, 0.3) is 0 Å². The monoisotopic (exact) mass is 391 g/mol. The van der Waals surface area contributed by atoms with Crippen LogP contribution < -0.4 is 5.32 Å². The van der Waals surface area contributed by atoms with Gasteiger partial charge in [0, 0.05) is 48.5 Å². The lowest BCUT2D eigenvalue weighted by molar-refractivity contribution is 0.148. The average Bonchev–Trinajstić information content (AvgIpc) is 2.64. The van der Waals surface area contributed by atoms with Crippen molar-refractivity contribution in [2.45, 2.75) is 13.3 Å². The van der Waals surface area contributed by atoms with E-state index in [1.807, 2.05) is 48.2 Å². The Bertz CT molecular complexity index is 773. The number of amides is 2. The molecule has 1 N–H and O–H groups in total. The van der Waals surface area contributed by atoms with E-state index in [1.165, 1.54) is 5.56 Å². The fourth-order valence-electron chi connectivity index (χ4n) is 3.09. The van der Waals surface area contributed by atoms with Gasteiger partial charge in [0.05, 0.1) is 0 Å². The number of piperazine rings is 1. The molecule has 138 valence electrons. The van der Waals surface area contributed by atoms with Gasteiger partial charge >= 0.3 is 6.03 Å². The van der Waals surface area contributed by atoms with Crippen molar-refractivity contribution in [2.75, 3.05) is 38.0 Å². The molecule has 6 heteroatoms. The molecule has 1 aliphatic heterocycles. The standard InChI is InChI=1S/C20H23Cl2N3O/c1-15-18(22)6-3-7-19(15)23-20(26)25-12-10-24(11-13-25)9-8-16-4-2-5-17(21)14-16/h2-7,14H,8-13H2,1H3,(H,23,26). The van der Waals surface area contributed by atoms with Gasteiger partial charge in [-0.3, -0.25) is 4.90 Å². The zero-order valence-corrected chi connectivity index (χ0v) is 16.4. The van der Waals surface area contributed by atoms with Crippen LogP contribution in [0.1, 0.15) is 11.1 Å². The summed E-state index contributed by atoms with van der Waals surface area (Å²) < 4.78 is 0. The molecule has 0 spiro atoms. The van der Waals surface area contributed by atoms with Crippen LogP contribution in [-0.2, 0) is 6.42 Å². The largest absolute Gasteiger partial charge is 0.322 e. The maximum absolute atomic E-state index is 12.5. The van der Waals surface area contributed by atoms with Gasteiger partial charge in [0.25, 0.3) is 0 Å². The molecule has 2 amide bonds. The predicted octanol–water partition coefficient (Wildman–Crippen LogP) is 4.69. The highest BCUT2D eigenvalue weighted by atomic mass is 35.5. The topological polar surface area (TPSA) is 35.6 Å². The van der Waals surface area contributed by atoms with Crippen molar-refractivity contribution in [3.8, 4) is 0 Å². The number of carbonyl (C=O) groups is 1. The zero-order chi connectivity index (χ0) is 18.5. The first-order valence-corrected chi connectivity index (χ1v) is 9.56. The van der Waals surface area contributed by atoms with Crippen molar-refractivity contribution in [3.63, 3.8) is 0 Å². The molecule has 1 saturated heterocycles. The Morgan fingerprint density at radius 2 is 1.81 bits per heavy atom. The number of nitrogens with one attached hydrogen (secondary N) is 1. The van der Waals surface area contributed by atoms with E-state index < -0.39 is 0 Å². The molecule has 0 aliphatic carbocycles. The van der Waals surface area contributed by atoms with Crippen LogP contribution in [0, 0.1) is 6.92 Å². The van der Waals surface area contributed by atoms with E-state index in [-0.39, 0.29) is 6.03 Å². The summed E-state index contributed by atoms with van der Waals surface area (Å²) >= 11 is 12.2. The van der Waals surface area contributed by atoms with Crippen LogP contribution in [0.5, 0.6) is 0 Å². The molecular formula is C20H23Cl2N3O. The van der Waals surface area contributed by atoms with Crippen molar-refractivity contribution in [2.24, 2.45) is 0 Å². The highest BCUT2D eigenvalue weighted by Crippen LogP contribution is 2.23. The molecular weight excluding hydrogens is 369 g/mol. The summed E-state index contributed by atoms with van der Waals surface area (Å²) in [4.78, 5) is 16.7. The lowest BCUT2D eigenvalue weighted by Gasteiger charge is -2.34. The van der Waals surface area contributed by atoms with Gasteiger partial charge in [-0.15, -0.1) is 0 Å². The molecule has 1 heterocycles. The quantitative estimate of drug-likeness (QED) is 0.819. The molecule has 2 aromatic rings. The Labute approximate surface area is 164 Å². The number of hydrogen-bond acceptors (Lipinski definition) is 2. The van der Waals surface area contributed by atoms with Gasteiger partial charge in [0.1, 0.15) is 0 Å². The van der Waals surface area contributed by atoms with E-state index in [9.17, 15) is 4.79 Å². The van der Waals surface area contributed by atoms with Crippen LogP contribution in [0.3, 0.4) is 0 Å². The smallest absolute Gasteiger partial charge is 0.321 e. The molecule has 2 aromatic carbocycles. The van der Waals surface area contributed by atoms with Crippen LogP contribution in [0.2, 0.25) is 10.0 Å². The summed E-state index contributed by atoms with van der Waals surface area (Å²) in [7, 11) is 0. The minimum atomic E-state index is -0.0649. The van der Waals surface area contributed by atoms with Gasteiger partial charge < -0.3 is 10.2 Å². The van der Waals surface area contributed by atoms with Crippen LogP contribution in [0.15, 0.2) is 42.5 Å². The first kappa shape index (κ1) is 19.0. The van der Waals surface area contributed by atoms with Crippen molar-refractivity contribution in [1.29, 1.82) is 0 Å². The summed E-state index contributed by atoms with van der Waals surface area (Å²) in [5.41, 5.74) is 2.91. The summed E-state index contributed by atoms with van der Waals surface area (Å²) in [5.74, 6) is 0. The van der Waals surface area contributed by atoms with Crippen LogP contribution in [-0.4, -0.2) is 48.6 Å². The second-order valence-electron chi connectivity index (χ2n) is 6.55. The number of benzene rings is 2. The van der Waals surface area contributed by atoms with E-state index in [1.54, 1.807) is 0 Å². The van der Waals surface area contributed by atoms with E-state index >= 15 is 0 Å². The molecule has 1 fully saturated rings. The number of halogens is 2. The molecule has 0 aromatic heterocycles. The molecule has 0 unspecified atom stereocenters. The summed E-state index contributed by atoms with van der Waals surface area (Å²) in [5, 5.41) is 4.41. The summed E-state index contributed by atoms with van der Waals surface area (Å²) in [6.45, 7) is 6.09. The molecule has 0 atom stereocenters. The fraction of sp³-hybridized carbons (Fsp3) is 0.350. The third-order valence-electron chi connectivity index (χ3n) is 4.77. The first-order chi connectivity index (χ1) is 12.5. The minimum absolute atomic E-state index is 0.0649. The Morgan fingerprint density at radius 1 is 1.08 bits per heavy atom. The van der Waals surface area contributed by atoms with E-state index in [0.29, 0.717) is 5.02 Å². The maximum Gasteiger partial charge on any atom is 0.321 e. The van der Waals surface area contributed by atoms with Crippen molar-refractivity contribution < 1.29 is 4.79 Å². The zero-order valence-electron chi connectivity index (χ0n) is 14.8. The molecule has 3 rings (SSSR count). The second-order valence-corrected chi connectivity index (χ2v) is 7.39. The normalized spacial score (nSPS) is 15.1. The highest BCUT2D eigenvalue weighted by molar-refractivity contribution is 6.31. The lowest BCUT2D eigenvalue weighted by atomic mass is 10.1. The predicted molar refractivity (Wildman–Crippen MR) is 108 cm³/mol. The Morgan fingerprint density at radius 3 is 2.54 bits per heavy atom. The third kappa shape index (κ3) is 4.91. The Kier molecular flexibility index (Phi) is 6.41. The molecule has 0 saturated carbocycles. The number of carbonyl (C=O) groups excluding carboxylic acids is 1. The van der Waals surface area contributed by atoms with Gasteiger partial charge in [0.15, 0.2) is 0 Å². The fourth-order valence-corrected chi connectivity index (χ4v) is 3.48. The van der Waals surface area contributed by atoms with Crippen LogP contribution >= 0.6 is 23.2 Å². The minimum Gasteiger partial charge on any atom is -0.322 e. The van der Waals surface area contributed by atoms with Crippen molar-refractivity contribution >= 4 is 34.9 Å². The van der Waals surface area contributed by atoms with Gasteiger partial charge in [-0.05, 0) is 48.7 Å². The van der Waals surface area contributed by atoms with Gasteiger partial charge in [-0.2, -0.15) is 0 Å². The van der Waals surface area contributed by atoms with Gasteiger partial charge in [-0.25, -0.2) is 4.79 Å². The molecule has 1 aliphatic rings. The van der Waals surface area contributed by atoms with Crippen LogP contribution in [0.4, 0.5) is 10.5 Å². The van der Waals surface area contributed by atoms with E-state index in [4.69, 9.17) is 23.2 Å². The highest BCUT2D eigenvalue weighted by Gasteiger charge is 2.21. The third-order valence-corrected chi connectivity index (χ3v) is 5.42. The van der Waals surface area contributed by atoms with Gasteiger partial charge in [0.2, 0.25) is 0 Å². The van der Waals surface area contributed by atoms with Crippen molar-refractivity contribution in [3.05, 3.63) is 63.6 Å².